The van der Waals surface area contributed by atoms with E-state index in [-0.39, 0.29) is 30.4 Å². The van der Waals surface area contributed by atoms with Crippen LogP contribution in [0.25, 0.3) is 0 Å². The maximum atomic E-state index is 12.7. The summed E-state index contributed by atoms with van der Waals surface area (Å²) in [6, 6.07) is 0.950. The largest absolute Gasteiger partial charge is 0.342 e. The van der Waals surface area contributed by atoms with Gasteiger partial charge in [-0.3, -0.25) is 4.79 Å². The lowest BCUT2D eigenvalue weighted by Crippen LogP contribution is -2.52. The molecule has 0 aromatic heterocycles. The molecule has 3 amide bonds. The molecule has 3 N–H and O–H groups in total. The van der Waals surface area contributed by atoms with Crippen molar-refractivity contribution in [1.29, 1.82) is 0 Å². The summed E-state index contributed by atoms with van der Waals surface area (Å²) in [5.74, 6) is 0.494. The van der Waals surface area contributed by atoms with Crippen molar-refractivity contribution in [3.63, 3.8) is 0 Å². The summed E-state index contributed by atoms with van der Waals surface area (Å²) in [7, 11) is 0. The van der Waals surface area contributed by atoms with Crippen LogP contribution in [0.3, 0.4) is 0 Å². The van der Waals surface area contributed by atoms with E-state index in [0.29, 0.717) is 18.0 Å². The van der Waals surface area contributed by atoms with Crippen LogP contribution >= 0.6 is 12.4 Å². The third kappa shape index (κ3) is 6.02. The zero-order valence-corrected chi connectivity index (χ0v) is 16.8. The Morgan fingerprint density at radius 1 is 0.923 bits per heavy atom. The topological polar surface area (TPSA) is 73.5 Å². The number of halogens is 1. The third-order valence-electron chi connectivity index (χ3n) is 6.06. The van der Waals surface area contributed by atoms with E-state index < -0.39 is 0 Å². The van der Waals surface area contributed by atoms with E-state index in [1.807, 2.05) is 4.90 Å². The fourth-order valence-electron chi connectivity index (χ4n) is 4.52. The SMILES string of the molecule is C[C@H]1C[C@@H](C(=O)N2CCC(NC(=O)NC3CCCCC3)CC2)CCN1.Cl. The molecule has 0 spiro atoms. The molecule has 3 rings (SSSR count). The Labute approximate surface area is 163 Å². The van der Waals surface area contributed by atoms with E-state index in [4.69, 9.17) is 0 Å². The number of nitrogens with zero attached hydrogens (tertiary/aromatic N) is 1. The number of likely N-dealkylation sites (tertiary alicyclic amines) is 1. The highest BCUT2D eigenvalue weighted by molar-refractivity contribution is 5.85. The zero-order valence-electron chi connectivity index (χ0n) is 16.0. The van der Waals surface area contributed by atoms with Crippen molar-refractivity contribution < 1.29 is 9.59 Å². The quantitative estimate of drug-likeness (QED) is 0.697. The van der Waals surface area contributed by atoms with Gasteiger partial charge in [-0.1, -0.05) is 19.3 Å². The van der Waals surface area contributed by atoms with Gasteiger partial charge in [-0.2, -0.15) is 0 Å². The monoisotopic (exact) mass is 386 g/mol. The molecule has 6 nitrogen and oxygen atoms in total. The van der Waals surface area contributed by atoms with Crippen LogP contribution in [0.2, 0.25) is 0 Å². The van der Waals surface area contributed by atoms with Crippen LogP contribution < -0.4 is 16.0 Å². The lowest BCUT2D eigenvalue weighted by molar-refractivity contribution is -0.137. The van der Waals surface area contributed by atoms with Gasteiger partial charge in [-0.25, -0.2) is 4.79 Å². The van der Waals surface area contributed by atoms with Gasteiger partial charge in [0.1, 0.15) is 0 Å². The maximum absolute atomic E-state index is 12.7. The first-order chi connectivity index (χ1) is 12.1. The van der Waals surface area contributed by atoms with Gasteiger partial charge >= 0.3 is 6.03 Å². The molecule has 2 heterocycles. The van der Waals surface area contributed by atoms with E-state index in [1.165, 1.54) is 19.3 Å². The summed E-state index contributed by atoms with van der Waals surface area (Å²) in [4.78, 5) is 26.9. The normalized spacial score (nSPS) is 28.1. The number of urea groups is 1. The summed E-state index contributed by atoms with van der Waals surface area (Å²) in [6.07, 6.45) is 9.58. The molecule has 0 bridgehead atoms. The smallest absolute Gasteiger partial charge is 0.315 e. The molecule has 3 aliphatic rings. The minimum atomic E-state index is -0.0242. The lowest BCUT2D eigenvalue weighted by Gasteiger charge is -2.36. The highest BCUT2D eigenvalue weighted by Gasteiger charge is 2.31. The number of rotatable bonds is 3. The van der Waals surface area contributed by atoms with Gasteiger partial charge in [0, 0.05) is 37.1 Å². The van der Waals surface area contributed by atoms with Crippen molar-refractivity contribution in [3.05, 3.63) is 0 Å². The van der Waals surface area contributed by atoms with Crippen LogP contribution in [0.1, 0.15) is 64.7 Å². The lowest BCUT2D eigenvalue weighted by atomic mass is 9.91. The molecule has 1 saturated carbocycles. The van der Waals surface area contributed by atoms with Crippen molar-refractivity contribution in [1.82, 2.24) is 20.9 Å². The number of hydrogen-bond donors (Lipinski definition) is 3. The molecular formula is C19H35ClN4O2. The van der Waals surface area contributed by atoms with Gasteiger partial charge in [0.25, 0.3) is 0 Å². The Bertz CT molecular complexity index is 462. The molecule has 2 saturated heterocycles. The van der Waals surface area contributed by atoms with Crippen molar-refractivity contribution in [2.75, 3.05) is 19.6 Å². The molecule has 150 valence electrons. The third-order valence-corrected chi connectivity index (χ3v) is 6.06. The Kier molecular flexibility index (Phi) is 8.48. The van der Waals surface area contributed by atoms with Crippen molar-refractivity contribution in [2.45, 2.75) is 82.8 Å². The van der Waals surface area contributed by atoms with Crippen LogP contribution in [0, 0.1) is 5.92 Å². The molecule has 26 heavy (non-hydrogen) atoms. The fraction of sp³-hybridized carbons (Fsp3) is 0.895. The number of nitrogens with one attached hydrogen (secondary N) is 3. The number of piperidine rings is 2. The molecule has 1 aliphatic carbocycles. The van der Waals surface area contributed by atoms with E-state index in [0.717, 1.165) is 58.2 Å². The Morgan fingerprint density at radius 2 is 1.54 bits per heavy atom. The first-order valence-electron chi connectivity index (χ1n) is 10.2. The van der Waals surface area contributed by atoms with Crippen LogP contribution in [0.4, 0.5) is 4.79 Å². The summed E-state index contributed by atoms with van der Waals surface area (Å²) in [6.45, 7) is 4.63. The van der Waals surface area contributed by atoms with Gasteiger partial charge < -0.3 is 20.9 Å². The predicted molar refractivity (Wildman–Crippen MR) is 106 cm³/mol. The van der Waals surface area contributed by atoms with Crippen molar-refractivity contribution in [2.24, 2.45) is 5.92 Å². The number of carbonyl (C=O) groups excluding carboxylic acids is 2. The first-order valence-corrected chi connectivity index (χ1v) is 10.2. The fourth-order valence-corrected chi connectivity index (χ4v) is 4.52. The van der Waals surface area contributed by atoms with Gasteiger partial charge in [-0.05, 0) is 52.0 Å². The Hall–Kier alpha value is -1.01. The summed E-state index contributed by atoms with van der Waals surface area (Å²) >= 11 is 0. The van der Waals surface area contributed by atoms with E-state index in [9.17, 15) is 9.59 Å². The molecule has 0 unspecified atom stereocenters. The molecule has 0 aromatic rings. The van der Waals surface area contributed by atoms with Crippen molar-refractivity contribution >= 4 is 24.3 Å². The van der Waals surface area contributed by atoms with Crippen LogP contribution in [-0.2, 0) is 4.79 Å². The minimum Gasteiger partial charge on any atom is -0.342 e. The molecule has 3 fully saturated rings. The zero-order chi connectivity index (χ0) is 17.6. The second kappa shape index (κ2) is 10.4. The molecule has 7 heteroatoms. The van der Waals surface area contributed by atoms with Gasteiger partial charge in [0.2, 0.25) is 5.91 Å². The average molecular weight is 387 g/mol. The number of hydrogen-bond acceptors (Lipinski definition) is 3. The maximum Gasteiger partial charge on any atom is 0.315 e. The molecule has 2 atom stereocenters. The van der Waals surface area contributed by atoms with Gasteiger partial charge in [-0.15, -0.1) is 12.4 Å². The minimum absolute atomic E-state index is 0. The number of amides is 3. The molecule has 2 aliphatic heterocycles. The van der Waals surface area contributed by atoms with Crippen molar-refractivity contribution in [3.8, 4) is 0 Å². The van der Waals surface area contributed by atoms with Gasteiger partial charge in [0.15, 0.2) is 0 Å². The second-order valence-electron chi connectivity index (χ2n) is 8.13. The van der Waals surface area contributed by atoms with Gasteiger partial charge in [0.05, 0.1) is 0 Å². The van der Waals surface area contributed by atoms with E-state index in [2.05, 4.69) is 22.9 Å². The average Bonchev–Trinajstić information content (AvgIpc) is 2.62. The standard InChI is InChI=1S/C19H34N4O2.ClH/c1-14-13-15(7-10-20-14)18(24)23-11-8-17(9-12-23)22-19(25)21-16-5-3-2-4-6-16;/h14-17,20H,2-13H2,1H3,(H2,21,22,25);1H/t14-,15-;/m0./s1. The van der Waals surface area contributed by atoms with Crippen LogP contribution in [0.5, 0.6) is 0 Å². The van der Waals surface area contributed by atoms with Crippen LogP contribution in [0.15, 0.2) is 0 Å². The summed E-state index contributed by atoms with van der Waals surface area (Å²) in [5, 5.41) is 9.64. The molecular weight excluding hydrogens is 352 g/mol. The molecule has 0 radical (unpaired) electrons. The highest BCUT2D eigenvalue weighted by Crippen LogP contribution is 2.21. The summed E-state index contributed by atoms with van der Waals surface area (Å²) in [5.41, 5.74) is 0. The van der Waals surface area contributed by atoms with Crippen LogP contribution in [-0.4, -0.2) is 54.6 Å². The first kappa shape index (κ1) is 21.3. The Morgan fingerprint density at radius 3 is 2.15 bits per heavy atom. The van der Waals surface area contributed by atoms with E-state index in [1.54, 1.807) is 0 Å². The number of carbonyl (C=O) groups is 2. The van der Waals surface area contributed by atoms with E-state index >= 15 is 0 Å². The molecule has 0 aromatic carbocycles. The second-order valence-corrected chi connectivity index (χ2v) is 8.13. The predicted octanol–water partition coefficient (Wildman–Crippen LogP) is 2.42. The Balaban J connectivity index is 0.00000243. The highest BCUT2D eigenvalue weighted by atomic mass is 35.5. The summed E-state index contributed by atoms with van der Waals surface area (Å²) < 4.78 is 0.